The molecule has 0 bridgehead atoms. The Bertz CT molecular complexity index is 3780. The van der Waals surface area contributed by atoms with E-state index < -0.39 is 5.41 Å². The zero-order valence-corrected chi connectivity index (χ0v) is 37.5. The van der Waals surface area contributed by atoms with Crippen LogP contribution in [0.4, 0.5) is 17.1 Å². The maximum absolute atomic E-state index is 2.58. The first-order valence-electron chi connectivity index (χ1n) is 23.1. The van der Waals surface area contributed by atoms with Crippen LogP contribution in [0.3, 0.4) is 0 Å². The van der Waals surface area contributed by atoms with Crippen molar-refractivity contribution in [3.8, 4) is 55.6 Å². The number of benzene rings is 10. The second kappa shape index (κ2) is 13.9. The van der Waals surface area contributed by atoms with Crippen LogP contribution < -0.4 is 4.90 Å². The minimum atomic E-state index is -0.500. The largest absolute Gasteiger partial charge is 0.310 e. The molecule has 1 atom stereocenters. The number of hydrogen-bond donors (Lipinski definition) is 0. The molecule has 0 fully saturated rings. The number of hydrogen-bond acceptors (Lipinski definition) is 2. The zero-order chi connectivity index (χ0) is 43.7. The SMILES string of the molecule is CC1(C)c2ccccc2-c2ccc(N(c3ccccc3)c3ccc(-c4cc5c(c6c4sc4ccccc46)-c4ccccc4C54c5ccccc5-c5ccc(-c6ccccc6)cc54)cc3)cc21. The van der Waals surface area contributed by atoms with Gasteiger partial charge in [-0.15, -0.1) is 11.3 Å². The Morgan fingerprint density at radius 3 is 1.67 bits per heavy atom. The van der Waals surface area contributed by atoms with E-state index in [2.05, 4.69) is 243 Å². The van der Waals surface area contributed by atoms with Gasteiger partial charge in [-0.3, -0.25) is 0 Å². The molecule has 14 rings (SSSR count). The Balaban J connectivity index is 0.996. The van der Waals surface area contributed by atoms with E-state index in [0.717, 1.165) is 17.1 Å². The van der Waals surface area contributed by atoms with Crippen LogP contribution in [0.2, 0.25) is 0 Å². The maximum atomic E-state index is 2.58. The second-order valence-electron chi connectivity index (χ2n) is 18.7. The predicted molar refractivity (Wildman–Crippen MR) is 279 cm³/mol. The predicted octanol–water partition coefficient (Wildman–Crippen LogP) is 17.5. The third-order valence-corrected chi connectivity index (χ3v) is 16.3. The first kappa shape index (κ1) is 37.6. The summed E-state index contributed by atoms with van der Waals surface area (Å²) < 4.78 is 2.65. The van der Waals surface area contributed by atoms with E-state index in [9.17, 15) is 0 Å². The molecule has 3 aliphatic carbocycles. The van der Waals surface area contributed by atoms with E-state index in [1.165, 1.54) is 109 Å². The molecule has 310 valence electrons. The lowest BCUT2D eigenvalue weighted by Crippen LogP contribution is -2.26. The lowest BCUT2D eigenvalue weighted by atomic mass is 9.69. The van der Waals surface area contributed by atoms with Crippen molar-refractivity contribution >= 4 is 48.6 Å². The van der Waals surface area contributed by atoms with Gasteiger partial charge in [-0.05, 0) is 144 Å². The van der Waals surface area contributed by atoms with Crippen molar-refractivity contribution in [2.24, 2.45) is 0 Å². The minimum Gasteiger partial charge on any atom is -0.310 e. The van der Waals surface area contributed by atoms with Crippen molar-refractivity contribution < 1.29 is 0 Å². The van der Waals surface area contributed by atoms with Gasteiger partial charge >= 0.3 is 0 Å². The van der Waals surface area contributed by atoms with Gasteiger partial charge in [-0.2, -0.15) is 0 Å². The molecule has 0 saturated heterocycles. The number of rotatable bonds is 5. The van der Waals surface area contributed by atoms with Crippen molar-refractivity contribution in [2.75, 3.05) is 4.90 Å². The molecule has 0 saturated carbocycles. The van der Waals surface area contributed by atoms with Gasteiger partial charge in [-0.1, -0.05) is 184 Å². The van der Waals surface area contributed by atoms with Crippen molar-refractivity contribution in [2.45, 2.75) is 24.7 Å². The van der Waals surface area contributed by atoms with Gasteiger partial charge in [0.2, 0.25) is 0 Å². The minimum absolute atomic E-state index is 0.0994. The molecule has 1 nitrogen and oxygen atoms in total. The highest BCUT2D eigenvalue weighted by molar-refractivity contribution is 7.26. The smallest absolute Gasteiger partial charge is 0.0726 e. The highest BCUT2D eigenvalue weighted by Gasteiger charge is 2.52. The summed E-state index contributed by atoms with van der Waals surface area (Å²) >= 11 is 1.93. The van der Waals surface area contributed by atoms with Gasteiger partial charge in [0.15, 0.2) is 0 Å². The van der Waals surface area contributed by atoms with E-state index in [1.54, 1.807) is 0 Å². The molecule has 0 N–H and O–H groups in total. The summed E-state index contributed by atoms with van der Waals surface area (Å²) in [5.74, 6) is 0. The molecule has 1 spiro atoms. The molecule has 2 heteroatoms. The normalized spacial score (nSPS) is 15.6. The molecular weight excluding hydrogens is 815 g/mol. The van der Waals surface area contributed by atoms with Crippen molar-refractivity contribution in [1.29, 1.82) is 0 Å². The number of nitrogens with zero attached hydrogens (tertiary/aromatic N) is 1. The molecule has 66 heavy (non-hydrogen) atoms. The van der Waals surface area contributed by atoms with E-state index >= 15 is 0 Å². The number of thiophene rings is 1. The quantitative estimate of drug-likeness (QED) is 0.167. The summed E-state index contributed by atoms with van der Waals surface area (Å²) in [5, 5.41) is 2.68. The van der Waals surface area contributed by atoms with Crippen LogP contribution in [0.1, 0.15) is 47.2 Å². The highest BCUT2D eigenvalue weighted by Crippen LogP contribution is 2.66. The summed E-state index contributed by atoms with van der Waals surface area (Å²) in [4.78, 5) is 2.42. The first-order chi connectivity index (χ1) is 32.5. The molecule has 0 aliphatic heterocycles. The molecule has 0 amide bonds. The molecule has 1 aromatic heterocycles. The summed E-state index contributed by atoms with van der Waals surface area (Å²) in [6, 6.07) is 84.3. The standard InChI is InChI=1S/C64H43NS/c1-63(2)53-25-13-9-21-46(53)48-36-34-45(38-56(48)63)65(43-19-7-4-8-20-43)44-32-29-41(30-33-44)52-39-58-60(61-51-24-12-16-28-59(51)66-62(52)61)50-23-11-15-27-55(50)64(58)54-26-14-10-22-47(54)49-35-31-42(37-57(49)64)40-17-5-3-6-18-40/h3-39H,1-2H3. The second-order valence-corrected chi connectivity index (χ2v) is 19.8. The van der Waals surface area contributed by atoms with E-state index in [-0.39, 0.29) is 5.41 Å². The summed E-state index contributed by atoms with van der Waals surface area (Å²) in [7, 11) is 0. The first-order valence-corrected chi connectivity index (χ1v) is 23.9. The Hall–Kier alpha value is -7.78. The molecular formula is C64H43NS. The Labute approximate surface area is 389 Å². The van der Waals surface area contributed by atoms with Crippen LogP contribution in [-0.4, -0.2) is 0 Å². The molecule has 1 heterocycles. The average Bonchev–Trinajstić information content (AvgIpc) is 4.06. The maximum Gasteiger partial charge on any atom is 0.0726 e. The summed E-state index contributed by atoms with van der Waals surface area (Å²) in [5.41, 5.74) is 24.0. The molecule has 10 aromatic carbocycles. The topological polar surface area (TPSA) is 3.24 Å². The Kier molecular flexibility index (Phi) is 7.89. The third-order valence-electron chi connectivity index (χ3n) is 15.1. The monoisotopic (exact) mass is 857 g/mol. The van der Waals surface area contributed by atoms with E-state index in [0.29, 0.717) is 0 Å². The Morgan fingerprint density at radius 2 is 0.894 bits per heavy atom. The molecule has 0 radical (unpaired) electrons. The number of para-hydroxylation sites is 1. The third kappa shape index (κ3) is 5.05. The van der Waals surface area contributed by atoms with E-state index in [1.807, 2.05) is 11.3 Å². The molecule has 11 aromatic rings. The van der Waals surface area contributed by atoms with Gasteiger partial charge in [0.1, 0.15) is 0 Å². The van der Waals surface area contributed by atoms with Gasteiger partial charge < -0.3 is 4.90 Å². The van der Waals surface area contributed by atoms with Crippen LogP contribution in [0, 0.1) is 0 Å². The van der Waals surface area contributed by atoms with Crippen LogP contribution >= 0.6 is 11.3 Å². The van der Waals surface area contributed by atoms with Crippen LogP contribution in [0.15, 0.2) is 224 Å². The Morgan fingerprint density at radius 1 is 0.348 bits per heavy atom. The summed E-state index contributed by atoms with van der Waals surface area (Å²) in [6.07, 6.45) is 0. The molecule has 3 aliphatic rings. The van der Waals surface area contributed by atoms with Crippen LogP contribution in [0.5, 0.6) is 0 Å². The van der Waals surface area contributed by atoms with Gasteiger partial charge in [0.25, 0.3) is 0 Å². The van der Waals surface area contributed by atoms with Crippen molar-refractivity contribution in [3.63, 3.8) is 0 Å². The average molecular weight is 858 g/mol. The lowest BCUT2D eigenvalue weighted by Gasteiger charge is -2.31. The molecule has 1 unspecified atom stereocenters. The number of anilines is 3. The fourth-order valence-electron chi connectivity index (χ4n) is 12.2. The van der Waals surface area contributed by atoms with E-state index in [4.69, 9.17) is 0 Å². The van der Waals surface area contributed by atoms with Crippen molar-refractivity contribution in [3.05, 3.63) is 258 Å². The van der Waals surface area contributed by atoms with Crippen LogP contribution in [-0.2, 0) is 10.8 Å². The highest BCUT2D eigenvalue weighted by atomic mass is 32.1. The van der Waals surface area contributed by atoms with Gasteiger partial charge in [0, 0.05) is 42.6 Å². The van der Waals surface area contributed by atoms with Crippen LogP contribution in [0.25, 0.3) is 75.8 Å². The van der Waals surface area contributed by atoms with Crippen molar-refractivity contribution in [1.82, 2.24) is 0 Å². The van der Waals surface area contributed by atoms with Gasteiger partial charge in [-0.25, -0.2) is 0 Å². The summed E-state index contributed by atoms with van der Waals surface area (Å²) in [6.45, 7) is 4.73. The zero-order valence-electron chi connectivity index (χ0n) is 36.7. The fourth-order valence-corrected chi connectivity index (χ4v) is 13.4. The fraction of sp³-hybridized carbons (Fsp3) is 0.0625. The number of fused-ring (bicyclic) bond motifs is 17. The lowest BCUT2D eigenvalue weighted by molar-refractivity contribution is 0.660. The van der Waals surface area contributed by atoms with Gasteiger partial charge in [0.05, 0.1) is 5.41 Å².